The van der Waals surface area contributed by atoms with Crippen molar-refractivity contribution in [2.24, 2.45) is 11.3 Å². The highest BCUT2D eigenvalue weighted by atomic mass is 16.5. The van der Waals surface area contributed by atoms with Crippen LogP contribution in [-0.4, -0.2) is 18.0 Å². The minimum Gasteiger partial charge on any atom is -0.458 e. The highest BCUT2D eigenvalue weighted by Crippen LogP contribution is 2.54. The van der Waals surface area contributed by atoms with Gasteiger partial charge < -0.3 is 9.47 Å². The molecule has 0 aromatic rings. The van der Waals surface area contributed by atoms with Gasteiger partial charge in [-0.1, -0.05) is 13.5 Å². The first-order valence-electron chi connectivity index (χ1n) is 7.33. The summed E-state index contributed by atoms with van der Waals surface area (Å²) in [7, 11) is 0. The summed E-state index contributed by atoms with van der Waals surface area (Å²) in [6.07, 6.45) is 4.24. The van der Waals surface area contributed by atoms with Crippen molar-refractivity contribution in [1.29, 1.82) is 0 Å². The summed E-state index contributed by atoms with van der Waals surface area (Å²) in [5, 5.41) is 0. The van der Waals surface area contributed by atoms with Crippen LogP contribution in [0.2, 0.25) is 0 Å². The number of rotatable bonds is 1. The van der Waals surface area contributed by atoms with Crippen molar-refractivity contribution in [2.45, 2.75) is 46.1 Å². The second kappa shape index (κ2) is 4.58. The van der Waals surface area contributed by atoms with E-state index in [0.717, 1.165) is 36.2 Å². The molecule has 1 fully saturated rings. The van der Waals surface area contributed by atoms with Gasteiger partial charge in [0.1, 0.15) is 11.9 Å². The van der Waals surface area contributed by atoms with E-state index in [1.165, 1.54) is 6.92 Å². The number of ether oxygens (including phenoxy) is 2. The van der Waals surface area contributed by atoms with Crippen molar-refractivity contribution in [2.75, 3.05) is 0 Å². The Kier molecular flexibility index (Phi) is 3.08. The Labute approximate surface area is 124 Å². The summed E-state index contributed by atoms with van der Waals surface area (Å²) in [5.74, 6) is 0.376. The lowest BCUT2D eigenvalue weighted by molar-refractivity contribution is -0.146. The largest absolute Gasteiger partial charge is 0.458 e. The second-order valence-electron chi connectivity index (χ2n) is 6.48. The Morgan fingerprint density at radius 1 is 1.52 bits per heavy atom. The van der Waals surface area contributed by atoms with Crippen molar-refractivity contribution in [3.05, 3.63) is 35.1 Å². The summed E-state index contributed by atoms with van der Waals surface area (Å²) in [6.45, 7) is 9.58. The molecule has 1 heterocycles. The van der Waals surface area contributed by atoms with Crippen molar-refractivity contribution in [3.8, 4) is 0 Å². The van der Waals surface area contributed by atoms with Crippen LogP contribution in [0.5, 0.6) is 0 Å². The van der Waals surface area contributed by atoms with Crippen LogP contribution in [0, 0.1) is 11.3 Å². The summed E-state index contributed by atoms with van der Waals surface area (Å²) in [5.41, 5.74) is 2.53. The molecule has 1 aliphatic heterocycles. The average molecular weight is 288 g/mol. The van der Waals surface area contributed by atoms with Crippen molar-refractivity contribution < 1.29 is 19.1 Å². The molecular formula is C17H20O4. The molecule has 0 radical (unpaired) electrons. The quantitative estimate of drug-likeness (QED) is 0.549. The lowest BCUT2D eigenvalue weighted by Crippen LogP contribution is -2.41. The summed E-state index contributed by atoms with van der Waals surface area (Å²) >= 11 is 0. The molecule has 0 unspecified atom stereocenters. The Bertz CT molecular complexity index is 610. The fourth-order valence-corrected chi connectivity index (χ4v) is 3.74. The van der Waals surface area contributed by atoms with Gasteiger partial charge in [-0.2, -0.15) is 0 Å². The molecule has 3 aliphatic rings. The molecular weight excluding hydrogens is 268 g/mol. The zero-order chi connectivity index (χ0) is 15.4. The van der Waals surface area contributed by atoms with Crippen LogP contribution in [0.25, 0.3) is 0 Å². The van der Waals surface area contributed by atoms with E-state index in [9.17, 15) is 9.59 Å². The molecule has 0 bridgehead atoms. The minimum atomic E-state index is -0.272. The van der Waals surface area contributed by atoms with Crippen molar-refractivity contribution >= 4 is 11.9 Å². The maximum Gasteiger partial charge on any atom is 0.339 e. The van der Waals surface area contributed by atoms with Gasteiger partial charge in [-0.15, -0.1) is 0 Å². The van der Waals surface area contributed by atoms with Gasteiger partial charge in [-0.25, -0.2) is 4.79 Å². The fraction of sp³-hybridized carbons (Fsp3) is 0.529. The molecule has 2 aliphatic carbocycles. The first-order valence-corrected chi connectivity index (χ1v) is 7.33. The SMILES string of the molecule is C=C1[C@@H](OC(C)=O)CC[C@]2(C)C=C3OC(=O)C(C)=C3C[C@@H]12. The number of hydrogen-bond donors (Lipinski definition) is 0. The van der Waals surface area contributed by atoms with Crippen LogP contribution >= 0.6 is 0 Å². The maximum absolute atomic E-state index is 11.7. The molecule has 3 atom stereocenters. The van der Waals surface area contributed by atoms with Crippen molar-refractivity contribution in [1.82, 2.24) is 0 Å². The molecule has 0 spiro atoms. The highest BCUT2D eigenvalue weighted by molar-refractivity contribution is 5.94. The first kappa shape index (κ1) is 14.1. The predicted molar refractivity (Wildman–Crippen MR) is 77.0 cm³/mol. The lowest BCUT2D eigenvalue weighted by Gasteiger charge is -2.46. The number of allylic oxidation sites excluding steroid dienone is 2. The Morgan fingerprint density at radius 3 is 2.90 bits per heavy atom. The van der Waals surface area contributed by atoms with Crippen LogP contribution < -0.4 is 0 Å². The van der Waals surface area contributed by atoms with Gasteiger partial charge in [0, 0.05) is 18.1 Å². The number of carbonyl (C=O) groups is 2. The molecule has 4 nitrogen and oxygen atoms in total. The third-order valence-electron chi connectivity index (χ3n) is 5.04. The normalized spacial score (nSPS) is 34.9. The number of carbonyl (C=O) groups excluding carboxylic acids is 2. The fourth-order valence-electron chi connectivity index (χ4n) is 3.74. The zero-order valence-corrected chi connectivity index (χ0v) is 12.7. The number of hydrogen-bond acceptors (Lipinski definition) is 4. The van der Waals surface area contributed by atoms with Crippen LogP contribution in [0.3, 0.4) is 0 Å². The van der Waals surface area contributed by atoms with Crippen LogP contribution in [0.15, 0.2) is 35.1 Å². The molecule has 112 valence electrons. The third-order valence-corrected chi connectivity index (χ3v) is 5.04. The molecule has 0 aromatic carbocycles. The van der Waals surface area contributed by atoms with E-state index in [0.29, 0.717) is 5.57 Å². The minimum absolute atomic E-state index is 0.0858. The topological polar surface area (TPSA) is 52.6 Å². The molecule has 0 amide bonds. The third kappa shape index (κ3) is 2.13. The van der Waals surface area contributed by atoms with E-state index < -0.39 is 0 Å². The maximum atomic E-state index is 11.7. The standard InChI is InChI=1S/C17H20O4/c1-9-12-7-13-10(2)14(20-11(3)18)5-6-17(13,4)8-15(12)21-16(9)19/h8,13-14H,2,5-7H2,1,3-4H3/t13-,14-,17+/m0/s1. The summed E-state index contributed by atoms with van der Waals surface area (Å²) in [4.78, 5) is 23.0. The van der Waals surface area contributed by atoms with Gasteiger partial charge in [-0.05, 0) is 49.2 Å². The molecule has 21 heavy (non-hydrogen) atoms. The Balaban J connectivity index is 1.95. The molecule has 1 saturated carbocycles. The van der Waals surface area contributed by atoms with E-state index in [4.69, 9.17) is 9.47 Å². The predicted octanol–water partition coefficient (Wildman–Crippen LogP) is 3.05. The van der Waals surface area contributed by atoms with Gasteiger partial charge >= 0.3 is 11.9 Å². The van der Waals surface area contributed by atoms with E-state index in [2.05, 4.69) is 19.6 Å². The Hall–Kier alpha value is -1.84. The first-order chi connectivity index (χ1) is 9.82. The summed E-state index contributed by atoms with van der Waals surface area (Å²) in [6, 6.07) is 0. The van der Waals surface area contributed by atoms with Gasteiger partial charge in [0.15, 0.2) is 0 Å². The molecule has 3 rings (SSSR count). The van der Waals surface area contributed by atoms with Gasteiger partial charge in [-0.3, -0.25) is 4.79 Å². The lowest BCUT2D eigenvalue weighted by atomic mass is 9.60. The molecule has 0 N–H and O–H groups in total. The van der Waals surface area contributed by atoms with Gasteiger partial charge in [0.2, 0.25) is 0 Å². The van der Waals surface area contributed by atoms with E-state index in [-0.39, 0.29) is 29.4 Å². The van der Waals surface area contributed by atoms with E-state index in [1.54, 1.807) is 6.92 Å². The second-order valence-corrected chi connectivity index (χ2v) is 6.48. The van der Waals surface area contributed by atoms with E-state index in [1.807, 2.05) is 0 Å². The number of fused-ring (bicyclic) bond motifs is 2. The molecule has 0 saturated heterocycles. The average Bonchev–Trinajstić information content (AvgIpc) is 2.66. The van der Waals surface area contributed by atoms with Crippen molar-refractivity contribution in [3.63, 3.8) is 0 Å². The monoisotopic (exact) mass is 288 g/mol. The summed E-state index contributed by atoms with van der Waals surface area (Å²) < 4.78 is 10.7. The zero-order valence-electron chi connectivity index (χ0n) is 12.7. The van der Waals surface area contributed by atoms with Crippen LogP contribution in [0.1, 0.15) is 40.0 Å². The Morgan fingerprint density at radius 2 is 2.24 bits per heavy atom. The smallest absolute Gasteiger partial charge is 0.339 e. The highest BCUT2D eigenvalue weighted by Gasteiger charge is 2.47. The van der Waals surface area contributed by atoms with Crippen LogP contribution in [-0.2, 0) is 19.1 Å². The van der Waals surface area contributed by atoms with Crippen LogP contribution in [0.4, 0.5) is 0 Å². The van der Waals surface area contributed by atoms with Gasteiger partial charge in [0.25, 0.3) is 0 Å². The molecule has 4 heteroatoms. The van der Waals surface area contributed by atoms with E-state index >= 15 is 0 Å². The van der Waals surface area contributed by atoms with Gasteiger partial charge in [0.05, 0.1) is 0 Å². The number of esters is 2. The molecule has 0 aromatic heterocycles.